The van der Waals surface area contributed by atoms with Crippen LogP contribution < -0.4 is 3.58 Å². The molecule has 3 aromatic rings. The molecule has 0 aromatic heterocycles. The predicted octanol–water partition coefficient (Wildman–Crippen LogP) is 6.90. The van der Waals surface area contributed by atoms with Crippen LogP contribution in [0.25, 0.3) is 0 Å². The van der Waals surface area contributed by atoms with Gasteiger partial charge in [-0.15, -0.1) is 0 Å². The summed E-state index contributed by atoms with van der Waals surface area (Å²) in [5, 5.41) is 0. The van der Waals surface area contributed by atoms with Gasteiger partial charge in [0.1, 0.15) is 0 Å². The van der Waals surface area contributed by atoms with Crippen LogP contribution in [0.15, 0.2) is 84.9 Å². The summed E-state index contributed by atoms with van der Waals surface area (Å²) in [4.78, 5) is 0. The minimum atomic E-state index is -4.40. The molecular formula is C26H30F2Sn. The number of hydrogen-bond acceptors (Lipinski definition) is 0. The van der Waals surface area contributed by atoms with E-state index in [0.717, 1.165) is 14.7 Å². The molecule has 3 rings (SSSR count). The number of rotatable bonds is 7. The monoisotopic (exact) mass is 500 g/mol. The average Bonchev–Trinajstić information content (AvgIpc) is 2.69. The first kappa shape index (κ1) is 22.0. The first-order valence-electron chi connectivity index (χ1n) is 10.2. The Balaban J connectivity index is 2.01. The zero-order valence-corrected chi connectivity index (χ0v) is 20.6. The van der Waals surface area contributed by atoms with Crippen molar-refractivity contribution in [2.75, 3.05) is 0 Å². The quantitative estimate of drug-likeness (QED) is 0.310. The van der Waals surface area contributed by atoms with E-state index in [4.69, 9.17) is 0 Å². The summed E-state index contributed by atoms with van der Waals surface area (Å²) in [5.74, 6) is -0.313. The van der Waals surface area contributed by atoms with E-state index >= 15 is 2.87 Å². The van der Waals surface area contributed by atoms with Gasteiger partial charge in [0, 0.05) is 0 Å². The molecule has 0 nitrogen and oxygen atoms in total. The maximum atomic E-state index is 17.1. The van der Waals surface area contributed by atoms with Crippen molar-refractivity contribution in [1.29, 1.82) is 0 Å². The topological polar surface area (TPSA) is 0 Å². The Labute approximate surface area is 178 Å². The van der Waals surface area contributed by atoms with Crippen molar-refractivity contribution in [1.82, 2.24) is 0 Å². The predicted molar refractivity (Wildman–Crippen MR) is 121 cm³/mol. The van der Waals surface area contributed by atoms with Crippen LogP contribution in [0.2, 0.25) is 8.87 Å². The molecule has 0 bridgehead atoms. The summed E-state index contributed by atoms with van der Waals surface area (Å²) < 4.78 is 32.5. The molecule has 0 spiro atoms. The third-order valence-corrected chi connectivity index (χ3v) is 18.1. The van der Waals surface area contributed by atoms with Gasteiger partial charge in [0.2, 0.25) is 0 Å². The Morgan fingerprint density at radius 1 is 0.621 bits per heavy atom. The van der Waals surface area contributed by atoms with Crippen molar-refractivity contribution in [3.8, 4) is 0 Å². The molecule has 0 aliphatic heterocycles. The minimum absolute atomic E-state index is 0.284. The molecule has 0 fully saturated rings. The van der Waals surface area contributed by atoms with Gasteiger partial charge in [-0.05, 0) is 0 Å². The van der Waals surface area contributed by atoms with Crippen LogP contribution in [0.4, 0.5) is 7.26 Å². The Kier molecular flexibility index (Phi) is 6.52. The van der Waals surface area contributed by atoms with Gasteiger partial charge in [-0.1, -0.05) is 0 Å². The molecule has 0 amide bonds. The third-order valence-electron chi connectivity index (χ3n) is 5.92. The van der Waals surface area contributed by atoms with Crippen LogP contribution in [-0.4, -0.2) is 18.9 Å². The van der Waals surface area contributed by atoms with Gasteiger partial charge in [-0.2, -0.15) is 0 Å². The molecule has 0 aliphatic carbocycles. The Morgan fingerprint density at radius 2 is 1.00 bits per heavy atom. The fourth-order valence-corrected chi connectivity index (χ4v) is 17.3. The van der Waals surface area contributed by atoms with E-state index in [1.165, 1.54) is 12.1 Å². The van der Waals surface area contributed by atoms with Crippen molar-refractivity contribution in [2.45, 2.75) is 47.4 Å². The Bertz CT molecular complexity index is 862. The maximum absolute atomic E-state index is 17.1. The van der Waals surface area contributed by atoms with Gasteiger partial charge in [-0.25, -0.2) is 0 Å². The molecular weight excluding hydrogens is 469 g/mol. The molecule has 29 heavy (non-hydrogen) atoms. The van der Waals surface area contributed by atoms with E-state index in [1.807, 2.05) is 36.4 Å². The fourth-order valence-electron chi connectivity index (χ4n) is 4.40. The van der Waals surface area contributed by atoms with E-state index in [0.29, 0.717) is 8.87 Å². The second kappa shape index (κ2) is 8.59. The normalized spacial score (nSPS) is 12.8. The summed E-state index contributed by atoms with van der Waals surface area (Å²) in [5.41, 5.74) is 1.73. The zero-order chi connectivity index (χ0) is 21.1. The molecule has 0 unspecified atom stereocenters. The van der Waals surface area contributed by atoms with Crippen molar-refractivity contribution in [2.24, 2.45) is 0 Å². The van der Waals surface area contributed by atoms with E-state index in [-0.39, 0.29) is 16.6 Å². The summed E-state index contributed by atoms with van der Waals surface area (Å²) in [6.45, 7) is 8.53. The fraction of sp³-hybridized carbons (Fsp3) is 0.308. The number of benzene rings is 3. The second-order valence-electron chi connectivity index (χ2n) is 9.33. The van der Waals surface area contributed by atoms with Crippen molar-refractivity contribution in [3.63, 3.8) is 0 Å². The van der Waals surface area contributed by atoms with Crippen LogP contribution in [0.3, 0.4) is 0 Å². The van der Waals surface area contributed by atoms with Crippen molar-refractivity contribution >= 4 is 22.5 Å². The van der Waals surface area contributed by atoms with Crippen LogP contribution in [0.5, 0.6) is 0 Å². The van der Waals surface area contributed by atoms with Crippen LogP contribution in [0.1, 0.15) is 38.8 Å². The Morgan fingerprint density at radius 3 is 1.38 bits per heavy atom. The molecule has 3 aromatic carbocycles. The van der Waals surface area contributed by atoms with Crippen molar-refractivity contribution < 1.29 is 7.26 Å². The zero-order valence-electron chi connectivity index (χ0n) is 17.8. The van der Waals surface area contributed by atoms with E-state index in [2.05, 4.69) is 52.0 Å². The molecule has 0 radical (unpaired) electrons. The number of halogens is 2. The molecule has 0 aliphatic rings. The van der Waals surface area contributed by atoms with E-state index in [1.54, 1.807) is 12.1 Å². The van der Waals surface area contributed by atoms with Crippen molar-refractivity contribution in [3.05, 3.63) is 102 Å². The molecule has 3 heteroatoms. The Hall–Kier alpha value is -1.68. The van der Waals surface area contributed by atoms with Gasteiger partial charge in [0.15, 0.2) is 0 Å². The van der Waals surface area contributed by atoms with Gasteiger partial charge in [0.05, 0.1) is 0 Å². The molecule has 0 saturated carbocycles. The third kappa shape index (κ3) is 5.28. The summed E-state index contributed by atoms with van der Waals surface area (Å²) in [6.07, 6.45) is 0. The summed E-state index contributed by atoms with van der Waals surface area (Å²) >= 11 is -4.40. The average molecular weight is 499 g/mol. The van der Waals surface area contributed by atoms with Crippen LogP contribution in [-0.2, 0) is 10.8 Å². The van der Waals surface area contributed by atoms with Gasteiger partial charge < -0.3 is 0 Å². The molecule has 0 atom stereocenters. The molecule has 0 saturated heterocycles. The van der Waals surface area contributed by atoms with Gasteiger partial charge in [0.25, 0.3) is 0 Å². The standard InChI is InChI=1S/2C10H13.C6H4F.FH.Sn/c2*1-10(2,3)9-7-5-4-6-8-9;7-6-4-2-1-3-5-6;;/h2*4-8H,1H2,2-3H3;2-5H;1H;/q;;;;+1/p-1. The summed E-state index contributed by atoms with van der Waals surface area (Å²) in [6, 6.07) is 26.6. The molecule has 0 heterocycles. The van der Waals surface area contributed by atoms with Gasteiger partial charge >= 0.3 is 179 Å². The molecule has 0 N–H and O–H groups in total. The summed E-state index contributed by atoms with van der Waals surface area (Å²) in [7, 11) is 0. The van der Waals surface area contributed by atoms with Crippen LogP contribution in [0, 0.1) is 5.82 Å². The van der Waals surface area contributed by atoms with E-state index in [9.17, 15) is 4.39 Å². The second-order valence-corrected chi connectivity index (χ2v) is 18.5. The van der Waals surface area contributed by atoms with E-state index < -0.39 is 18.9 Å². The van der Waals surface area contributed by atoms with Gasteiger partial charge in [-0.3, -0.25) is 0 Å². The van der Waals surface area contributed by atoms with Crippen LogP contribution >= 0.6 is 0 Å². The molecule has 152 valence electrons. The first-order valence-corrected chi connectivity index (χ1v) is 16.7. The number of hydrogen-bond donors (Lipinski definition) is 0. The SMILES string of the molecule is CC(C)([CH2][Sn]([F])([CH2]C(C)(C)c1ccccc1)[c]1ccc(F)cc1)c1ccccc1. The first-order chi connectivity index (χ1) is 13.6.